The van der Waals surface area contributed by atoms with Gasteiger partial charge in [-0.05, 0) is 41.1 Å². The fourth-order valence-corrected chi connectivity index (χ4v) is 2.39. The third kappa shape index (κ3) is 2.61. The second-order valence-electron chi connectivity index (χ2n) is 3.45. The summed E-state index contributed by atoms with van der Waals surface area (Å²) in [5.74, 6) is 0. The van der Waals surface area contributed by atoms with E-state index in [-0.39, 0.29) is 6.04 Å². The van der Waals surface area contributed by atoms with E-state index in [1.54, 1.807) is 17.5 Å². The first kappa shape index (κ1) is 11.6. The van der Waals surface area contributed by atoms with Crippen LogP contribution in [0.3, 0.4) is 0 Å². The third-order valence-corrected chi connectivity index (χ3v) is 3.26. The lowest BCUT2D eigenvalue weighted by Gasteiger charge is -2.16. The summed E-state index contributed by atoms with van der Waals surface area (Å²) in [5, 5.41) is 8.31. The lowest BCUT2D eigenvalue weighted by Crippen LogP contribution is -2.22. The summed E-state index contributed by atoms with van der Waals surface area (Å²) in [6, 6.07) is 6.12. The number of halogens is 1. The van der Waals surface area contributed by atoms with Crippen molar-refractivity contribution in [1.29, 1.82) is 0 Å². The van der Waals surface area contributed by atoms with Crippen LogP contribution in [0.5, 0.6) is 0 Å². The van der Waals surface area contributed by atoms with Crippen molar-refractivity contribution in [2.75, 3.05) is 6.54 Å². The van der Waals surface area contributed by atoms with Crippen LogP contribution in [0.4, 0.5) is 0 Å². The van der Waals surface area contributed by atoms with Crippen LogP contribution >= 0.6 is 22.9 Å². The predicted octanol–water partition coefficient (Wildman–Crippen LogP) is 3.50. The van der Waals surface area contributed by atoms with Crippen molar-refractivity contribution in [3.05, 3.63) is 51.4 Å². The first-order valence-corrected chi connectivity index (χ1v) is 6.50. The van der Waals surface area contributed by atoms with Gasteiger partial charge in [-0.3, -0.25) is 4.98 Å². The molecule has 16 heavy (non-hydrogen) atoms. The molecule has 2 nitrogen and oxygen atoms in total. The topological polar surface area (TPSA) is 24.9 Å². The minimum Gasteiger partial charge on any atom is -0.305 e. The lowest BCUT2D eigenvalue weighted by atomic mass is 10.1. The molecule has 0 radical (unpaired) electrons. The van der Waals surface area contributed by atoms with E-state index >= 15 is 0 Å². The summed E-state index contributed by atoms with van der Waals surface area (Å²) in [4.78, 5) is 4.36. The minimum absolute atomic E-state index is 0.161. The molecule has 0 saturated heterocycles. The lowest BCUT2D eigenvalue weighted by molar-refractivity contribution is 0.617. The number of pyridine rings is 1. The van der Waals surface area contributed by atoms with Gasteiger partial charge in [0.15, 0.2) is 0 Å². The number of thiophene rings is 1. The summed E-state index contributed by atoms with van der Waals surface area (Å²) in [7, 11) is 0. The van der Waals surface area contributed by atoms with E-state index in [1.165, 1.54) is 5.56 Å². The molecule has 2 aromatic rings. The van der Waals surface area contributed by atoms with E-state index in [1.807, 2.05) is 12.1 Å². The van der Waals surface area contributed by atoms with Crippen LogP contribution in [0.1, 0.15) is 24.2 Å². The molecule has 0 aliphatic heterocycles. The fraction of sp³-hybridized carbons (Fsp3) is 0.250. The summed E-state index contributed by atoms with van der Waals surface area (Å²) in [6.45, 7) is 3.00. The number of nitrogens with zero attached hydrogens (tertiary/aromatic N) is 1. The molecule has 2 heterocycles. The van der Waals surface area contributed by atoms with Gasteiger partial charge in [-0.1, -0.05) is 18.5 Å². The van der Waals surface area contributed by atoms with Crippen molar-refractivity contribution in [3.63, 3.8) is 0 Å². The summed E-state index contributed by atoms with van der Waals surface area (Å²) in [6.07, 6.45) is 1.69. The average molecular weight is 253 g/mol. The molecule has 2 rings (SSSR count). The van der Waals surface area contributed by atoms with Gasteiger partial charge in [-0.2, -0.15) is 11.3 Å². The van der Waals surface area contributed by atoms with Crippen LogP contribution < -0.4 is 5.32 Å². The van der Waals surface area contributed by atoms with E-state index in [4.69, 9.17) is 11.6 Å². The van der Waals surface area contributed by atoms with Gasteiger partial charge in [0.2, 0.25) is 0 Å². The highest BCUT2D eigenvalue weighted by Crippen LogP contribution is 2.23. The smallest absolute Gasteiger partial charge is 0.0759 e. The van der Waals surface area contributed by atoms with Crippen LogP contribution in [0.25, 0.3) is 0 Å². The molecule has 0 aliphatic carbocycles. The van der Waals surface area contributed by atoms with Gasteiger partial charge in [0, 0.05) is 6.20 Å². The molecule has 1 unspecified atom stereocenters. The van der Waals surface area contributed by atoms with E-state index in [2.05, 4.69) is 34.1 Å². The minimum atomic E-state index is 0.161. The van der Waals surface area contributed by atoms with Crippen molar-refractivity contribution >= 4 is 22.9 Å². The maximum atomic E-state index is 5.84. The first-order valence-electron chi connectivity index (χ1n) is 5.18. The third-order valence-electron chi connectivity index (χ3n) is 2.33. The number of rotatable bonds is 4. The quantitative estimate of drug-likeness (QED) is 0.901. The van der Waals surface area contributed by atoms with Crippen LogP contribution in [-0.4, -0.2) is 11.5 Å². The zero-order valence-corrected chi connectivity index (χ0v) is 10.6. The molecule has 0 amide bonds. The van der Waals surface area contributed by atoms with Gasteiger partial charge in [-0.25, -0.2) is 0 Å². The molecule has 4 heteroatoms. The van der Waals surface area contributed by atoms with E-state index in [9.17, 15) is 0 Å². The van der Waals surface area contributed by atoms with Gasteiger partial charge < -0.3 is 5.32 Å². The molecular formula is C12H13ClN2S. The molecule has 0 bridgehead atoms. The number of aromatic nitrogens is 1. The fourth-order valence-electron chi connectivity index (χ4n) is 1.59. The van der Waals surface area contributed by atoms with Crippen LogP contribution in [0.15, 0.2) is 35.2 Å². The number of hydrogen-bond donors (Lipinski definition) is 1. The highest BCUT2D eigenvalue weighted by atomic mass is 35.5. The number of nitrogens with one attached hydrogen (secondary N) is 1. The first-order chi connectivity index (χ1) is 7.81. The van der Waals surface area contributed by atoms with Gasteiger partial charge in [0.05, 0.1) is 16.8 Å². The summed E-state index contributed by atoms with van der Waals surface area (Å²) >= 11 is 7.54. The Morgan fingerprint density at radius 3 is 2.88 bits per heavy atom. The van der Waals surface area contributed by atoms with Crippen LogP contribution in [0, 0.1) is 0 Å². The molecule has 0 spiro atoms. The van der Waals surface area contributed by atoms with Crippen molar-refractivity contribution in [1.82, 2.24) is 10.3 Å². The van der Waals surface area contributed by atoms with Crippen molar-refractivity contribution in [2.24, 2.45) is 0 Å². The van der Waals surface area contributed by atoms with Gasteiger partial charge in [0.25, 0.3) is 0 Å². The highest BCUT2D eigenvalue weighted by molar-refractivity contribution is 7.08. The van der Waals surface area contributed by atoms with Crippen LogP contribution in [-0.2, 0) is 0 Å². The second kappa shape index (κ2) is 5.43. The van der Waals surface area contributed by atoms with E-state index in [0.29, 0.717) is 5.02 Å². The molecule has 0 saturated carbocycles. The monoisotopic (exact) mass is 252 g/mol. The summed E-state index contributed by atoms with van der Waals surface area (Å²) < 4.78 is 0. The maximum absolute atomic E-state index is 5.84. The van der Waals surface area contributed by atoms with Crippen molar-refractivity contribution in [3.8, 4) is 0 Å². The van der Waals surface area contributed by atoms with Crippen LogP contribution in [0.2, 0.25) is 5.02 Å². The predicted molar refractivity (Wildman–Crippen MR) is 69.1 cm³/mol. The normalized spacial score (nSPS) is 12.6. The summed E-state index contributed by atoms with van der Waals surface area (Å²) in [5.41, 5.74) is 2.26. The van der Waals surface area contributed by atoms with Crippen molar-refractivity contribution in [2.45, 2.75) is 13.0 Å². The SMILES string of the molecule is CCNC(c1ccsc1)c1ccc(Cl)cn1. The zero-order valence-electron chi connectivity index (χ0n) is 8.98. The Morgan fingerprint density at radius 1 is 1.44 bits per heavy atom. The Hall–Kier alpha value is -0.900. The maximum Gasteiger partial charge on any atom is 0.0759 e. The largest absolute Gasteiger partial charge is 0.305 e. The van der Waals surface area contributed by atoms with Crippen molar-refractivity contribution < 1.29 is 0 Å². The van der Waals surface area contributed by atoms with E-state index < -0.39 is 0 Å². The Kier molecular flexibility index (Phi) is 3.93. The highest BCUT2D eigenvalue weighted by Gasteiger charge is 2.14. The number of hydrogen-bond acceptors (Lipinski definition) is 3. The molecule has 1 N–H and O–H groups in total. The molecular weight excluding hydrogens is 240 g/mol. The standard InChI is InChI=1S/C12H13ClN2S/c1-2-14-12(9-5-6-16-8-9)11-4-3-10(13)7-15-11/h3-8,12,14H,2H2,1H3. The molecule has 0 aliphatic rings. The van der Waals surface area contributed by atoms with Gasteiger partial charge >= 0.3 is 0 Å². The second-order valence-corrected chi connectivity index (χ2v) is 4.67. The Morgan fingerprint density at radius 2 is 2.31 bits per heavy atom. The van der Waals surface area contributed by atoms with E-state index in [0.717, 1.165) is 12.2 Å². The Balaban J connectivity index is 2.29. The average Bonchev–Trinajstić information content (AvgIpc) is 2.81. The van der Waals surface area contributed by atoms with Gasteiger partial charge in [-0.15, -0.1) is 0 Å². The molecule has 0 aromatic carbocycles. The molecule has 0 fully saturated rings. The Bertz CT molecular complexity index is 425. The molecule has 84 valence electrons. The zero-order chi connectivity index (χ0) is 11.4. The molecule has 2 aromatic heterocycles. The molecule has 1 atom stereocenters. The van der Waals surface area contributed by atoms with Gasteiger partial charge in [0.1, 0.15) is 0 Å². The Labute approximate surface area is 104 Å².